The van der Waals surface area contributed by atoms with Gasteiger partial charge in [0.15, 0.2) is 11.2 Å². The number of ether oxygens (including phenoxy) is 1. The second kappa shape index (κ2) is 6.49. The van der Waals surface area contributed by atoms with Gasteiger partial charge in [-0.3, -0.25) is 14.2 Å². The van der Waals surface area contributed by atoms with E-state index < -0.39 is 5.56 Å². The van der Waals surface area contributed by atoms with E-state index in [1.54, 1.807) is 31.3 Å². The maximum atomic E-state index is 12.3. The summed E-state index contributed by atoms with van der Waals surface area (Å²) >= 11 is 0. The number of aromatic nitrogens is 5. The van der Waals surface area contributed by atoms with Crippen LogP contribution < -0.4 is 15.6 Å². The molecule has 0 spiro atoms. The zero-order chi connectivity index (χ0) is 17.1. The van der Waals surface area contributed by atoms with Crippen LogP contribution in [0.2, 0.25) is 0 Å². The van der Waals surface area contributed by atoms with Crippen LogP contribution in [0.5, 0.6) is 5.75 Å². The van der Waals surface area contributed by atoms with Gasteiger partial charge in [-0.25, -0.2) is 9.67 Å². The number of carbonyl (C=O) groups is 1. The number of fused-ring (bicyclic) bond motifs is 1. The molecule has 0 unspecified atom stereocenters. The van der Waals surface area contributed by atoms with Crippen molar-refractivity contribution in [3.8, 4) is 5.75 Å². The number of hydrogen-bond donors (Lipinski definition) is 1. The van der Waals surface area contributed by atoms with Gasteiger partial charge in [0.1, 0.15) is 18.6 Å². The summed E-state index contributed by atoms with van der Waals surface area (Å²) in [5.74, 6) is 0.385. The van der Waals surface area contributed by atoms with Gasteiger partial charge < -0.3 is 10.1 Å². The van der Waals surface area contributed by atoms with Crippen molar-refractivity contribution >= 4 is 22.8 Å². The van der Waals surface area contributed by atoms with Crippen molar-refractivity contribution in [2.75, 3.05) is 11.9 Å². The minimum absolute atomic E-state index is 0.133. The number of rotatable bonds is 5. The van der Waals surface area contributed by atoms with Gasteiger partial charge in [-0.1, -0.05) is 5.21 Å². The molecule has 3 aromatic rings. The van der Waals surface area contributed by atoms with Crippen LogP contribution in [-0.4, -0.2) is 37.1 Å². The third-order valence-electron chi connectivity index (χ3n) is 3.34. The van der Waals surface area contributed by atoms with Gasteiger partial charge in [0, 0.05) is 12.7 Å². The second-order valence-electron chi connectivity index (χ2n) is 5.07. The Balaban J connectivity index is 1.73. The lowest BCUT2D eigenvalue weighted by Crippen LogP contribution is -2.28. The molecule has 124 valence electrons. The fourth-order valence-corrected chi connectivity index (χ4v) is 2.22. The van der Waals surface area contributed by atoms with Gasteiger partial charge in [-0.15, -0.1) is 5.10 Å². The number of anilines is 1. The van der Waals surface area contributed by atoms with Crippen molar-refractivity contribution in [2.45, 2.75) is 13.5 Å². The molecule has 2 heterocycles. The molecule has 0 radical (unpaired) electrons. The highest BCUT2D eigenvalue weighted by atomic mass is 16.5. The maximum Gasteiger partial charge on any atom is 0.283 e. The Morgan fingerprint density at radius 1 is 1.29 bits per heavy atom. The van der Waals surface area contributed by atoms with E-state index in [2.05, 4.69) is 20.6 Å². The number of carbonyl (C=O) groups excluding carboxylic acids is 1. The molecule has 0 fully saturated rings. The second-order valence-corrected chi connectivity index (χ2v) is 5.07. The van der Waals surface area contributed by atoms with Crippen LogP contribution in [0, 0.1) is 0 Å². The highest BCUT2D eigenvalue weighted by Gasteiger charge is 2.12. The van der Waals surface area contributed by atoms with Crippen molar-refractivity contribution < 1.29 is 9.53 Å². The molecular weight excluding hydrogens is 312 g/mol. The monoisotopic (exact) mass is 328 g/mol. The molecule has 0 atom stereocenters. The Morgan fingerprint density at radius 3 is 2.75 bits per heavy atom. The van der Waals surface area contributed by atoms with Gasteiger partial charge in [0.25, 0.3) is 5.56 Å². The number of nitrogens with one attached hydrogen (secondary N) is 1. The van der Waals surface area contributed by atoms with Gasteiger partial charge in [-0.2, -0.15) is 0 Å². The molecule has 9 nitrogen and oxygen atoms in total. The van der Waals surface area contributed by atoms with Crippen molar-refractivity contribution in [3.63, 3.8) is 0 Å². The van der Waals surface area contributed by atoms with E-state index in [1.807, 2.05) is 6.92 Å². The first-order valence-corrected chi connectivity index (χ1v) is 7.36. The van der Waals surface area contributed by atoms with E-state index in [-0.39, 0.29) is 18.0 Å². The Kier molecular flexibility index (Phi) is 4.23. The van der Waals surface area contributed by atoms with Crippen LogP contribution in [0.25, 0.3) is 11.2 Å². The van der Waals surface area contributed by atoms with Crippen LogP contribution in [0.15, 0.2) is 35.4 Å². The smallest absolute Gasteiger partial charge is 0.283 e. The summed E-state index contributed by atoms with van der Waals surface area (Å²) in [5, 5.41) is 10.2. The Morgan fingerprint density at radius 2 is 2.04 bits per heavy atom. The number of aryl methyl sites for hydroxylation is 1. The Bertz CT molecular complexity index is 929. The molecule has 0 aliphatic rings. The topological polar surface area (TPSA) is 104 Å². The predicted octanol–water partition coefficient (Wildman–Crippen LogP) is 0.562. The lowest BCUT2D eigenvalue weighted by molar-refractivity contribution is -0.116. The van der Waals surface area contributed by atoms with Crippen molar-refractivity contribution in [1.82, 2.24) is 24.5 Å². The summed E-state index contributed by atoms with van der Waals surface area (Å²) in [5.41, 5.74) is 0.719. The highest BCUT2D eigenvalue weighted by molar-refractivity contribution is 5.90. The molecule has 2 aromatic heterocycles. The lowest BCUT2D eigenvalue weighted by Gasteiger charge is -2.08. The molecule has 1 amide bonds. The molecule has 0 bridgehead atoms. The van der Waals surface area contributed by atoms with Crippen molar-refractivity contribution in [2.24, 2.45) is 7.05 Å². The standard InChI is InChI=1S/C15H16N6O3/c1-3-24-11-6-4-10(5-7-11)17-12(22)8-21-9-16-14-13(15(21)23)18-19-20(14)2/h4-7,9H,3,8H2,1-2H3,(H,17,22). The minimum atomic E-state index is -0.407. The normalized spacial score (nSPS) is 10.8. The summed E-state index contributed by atoms with van der Waals surface area (Å²) < 4.78 is 7.94. The Hall–Kier alpha value is -3.23. The van der Waals surface area contributed by atoms with Crippen LogP contribution in [0.4, 0.5) is 5.69 Å². The van der Waals surface area contributed by atoms with Gasteiger partial charge >= 0.3 is 0 Å². The SMILES string of the molecule is CCOc1ccc(NC(=O)Cn2cnc3c(nnn3C)c2=O)cc1. The average Bonchev–Trinajstić information content (AvgIpc) is 2.94. The van der Waals surface area contributed by atoms with E-state index in [0.29, 0.717) is 17.9 Å². The summed E-state index contributed by atoms with van der Waals surface area (Å²) in [6, 6.07) is 6.99. The van der Waals surface area contributed by atoms with E-state index >= 15 is 0 Å². The quantitative estimate of drug-likeness (QED) is 0.734. The predicted molar refractivity (Wildman–Crippen MR) is 86.8 cm³/mol. The largest absolute Gasteiger partial charge is 0.494 e. The third kappa shape index (κ3) is 3.09. The zero-order valence-corrected chi connectivity index (χ0v) is 13.3. The molecule has 24 heavy (non-hydrogen) atoms. The summed E-state index contributed by atoms with van der Waals surface area (Å²) in [4.78, 5) is 28.5. The molecular formula is C15H16N6O3. The molecule has 0 saturated heterocycles. The van der Waals surface area contributed by atoms with Crippen molar-refractivity contribution in [1.29, 1.82) is 0 Å². The van der Waals surface area contributed by atoms with E-state index in [1.165, 1.54) is 15.6 Å². The number of amides is 1. The molecule has 1 N–H and O–H groups in total. The van der Waals surface area contributed by atoms with Crippen LogP contribution in [-0.2, 0) is 18.4 Å². The number of hydrogen-bond acceptors (Lipinski definition) is 6. The highest BCUT2D eigenvalue weighted by Crippen LogP contribution is 2.15. The molecule has 9 heteroatoms. The first-order valence-electron chi connectivity index (χ1n) is 7.36. The Labute approximate surface area is 136 Å². The van der Waals surface area contributed by atoms with Gasteiger partial charge in [0.05, 0.1) is 6.61 Å². The van der Waals surface area contributed by atoms with Crippen molar-refractivity contribution in [3.05, 3.63) is 40.9 Å². The lowest BCUT2D eigenvalue weighted by atomic mass is 10.3. The minimum Gasteiger partial charge on any atom is -0.494 e. The van der Waals surface area contributed by atoms with E-state index in [4.69, 9.17) is 4.74 Å². The first kappa shape index (κ1) is 15.7. The van der Waals surface area contributed by atoms with Gasteiger partial charge in [-0.05, 0) is 31.2 Å². The molecule has 0 aliphatic heterocycles. The maximum absolute atomic E-state index is 12.3. The number of nitrogens with zero attached hydrogens (tertiary/aromatic N) is 5. The third-order valence-corrected chi connectivity index (χ3v) is 3.34. The van der Waals surface area contributed by atoms with Crippen LogP contribution >= 0.6 is 0 Å². The average molecular weight is 328 g/mol. The van der Waals surface area contributed by atoms with Crippen LogP contribution in [0.3, 0.4) is 0 Å². The van der Waals surface area contributed by atoms with E-state index in [0.717, 1.165) is 5.75 Å². The summed E-state index contributed by atoms with van der Waals surface area (Å²) in [6.07, 6.45) is 1.31. The summed E-state index contributed by atoms with van der Waals surface area (Å²) in [6.45, 7) is 2.31. The molecule has 0 aliphatic carbocycles. The number of benzene rings is 1. The fourth-order valence-electron chi connectivity index (χ4n) is 2.22. The zero-order valence-electron chi connectivity index (χ0n) is 13.3. The first-order chi connectivity index (χ1) is 11.6. The molecule has 0 saturated carbocycles. The molecule has 3 rings (SSSR count). The van der Waals surface area contributed by atoms with Gasteiger partial charge in [0.2, 0.25) is 5.91 Å². The van der Waals surface area contributed by atoms with Crippen LogP contribution in [0.1, 0.15) is 6.92 Å². The van der Waals surface area contributed by atoms with E-state index in [9.17, 15) is 9.59 Å². The molecule has 1 aromatic carbocycles. The summed E-state index contributed by atoms with van der Waals surface area (Å²) in [7, 11) is 1.64. The fraction of sp³-hybridized carbons (Fsp3) is 0.267.